The Kier molecular flexibility index (Phi) is 3.24. The monoisotopic (exact) mass is 351 g/mol. The third kappa shape index (κ3) is 2.53. The SMILES string of the molecule is FC(F)(F)c1cc(-c2cccs2)n(-c2nc3ccccc3s2)n1. The van der Waals surface area contributed by atoms with E-state index in [1.54, 1.807) is 12.1 Å². The maximum Gasteiger partial charge on any atom is 0.435 e. The van der Waals surface area contributed by atoms with E-state index < -0.39 is 11.9 Å². The fourth-order valence-corrected chi connectivity index (χ4v) is 3.87. The van der Waals surface area contributed by atoms with Crippen molar-refractivity contribution < 1.29 is 13.2 Å². The van der Waals surface area contributed by atoms with Gasteiger partial charge in [-0.2, -0.15) is 18.3 Å². The van der Waals surface area contributed by atoms with E-state index in [1.807, 2.05) is 29.6 Å². The van der Waals surface area contributed by atoms with Gasteiger partial charge >= 0.3 is 6.18 Å². The van der Waals surface area contributed by atoms with Crippen LogP contribution in [0.25, 0.3) is 25.9 Å². The van der Waals surface area contributed by atoms with E-state index >= 15 is 0 Å². The topological polar surface area (TPSA) is 30.7 Å². The molecule has 0 bridgehead atoms. The molecule has 4 rings (SSSR count). The van der Waals surface area contributed by atoms with Crippen molar-refractivity contribution >= 4 is 32.9 Å². The molecule has 116 valence electrons. The summed E-state index contributed by atoms with van der Waals surface area (Å²) in [6.07, 6.45) is -4.49. The highest BCUT2D eigenvalue weighted by molar-refractivity contribution is 7.20. The smallest absolute Gasteiger partial charge is 0.218 e. The largest absolute Gasteiger partial charge is 0.435 e. The van der Waals surface area contributed by atoms with Gasteiger partial charge in [0.1, 0.15) is 0 Å². The summed E-state index contributed by atoms with van der Waals surface area (Å²) in [5, 5.41) is 5.99. The zero-order chi connectivity index (χ0) is 16.0. The normalized spacial score (nSPS) is 12.1. The number of alkyl halides is 3. The van der Waals surface area contributed by atoms with E-state index in [0.29, 0.717) is 15.7 Å². The molecule has 3 heterocycles. The predicted octanol–water partition coefficient (Wildman–Crippen LogP) is 5.23. The van der Waals surface area contributed by atoms with E-state index in [-0.39, 0.29) is 0 Å². The van der Waals surface area contributed by atoms with E-state index in [9.17, 15) is 13.2 Å². The van der Waals surface area contributed by atoms with Gasteiger partial charge in [0.2, 0.25) is 5.13 Å². The standard InChI is InChI=1S/C15H8F3N3S2/c16-15(17,18)13-8-10(12-6-3-7-22-12)21(20-13)14-19-9-4-1-2-5-11(9)23-14/h1-8H. The third-order valence-electron chi connectivity index (χ3n) is 3.24. The van der Waals surface area contributed by atoms with Gasteiger partial charge < -0.3 is 0 Å². The van der Waals surface area contributed by atoms with Gasteiger partial charge in [-0.25, -0.2) is 9.67 Å². The predicted molar refractivity (Wildman–Crippen MR) is 85.1 cm³/mol. The quantitative estimate of drug-likeness (QED) is 0.495. The molecule has 0 fully saturated rings. The summed E-state index contributed by atoms with van der Waals surface area (Å²) >= 11 is 2.68. The molecule has 4 aromatic rings. The number of benzene rings is 1. The highest BCUT2D eigenvalue weighted by Gasteiger charge is 2.35. The Morgan fingerprint density at radius 1 is 1.04 bits per heavy atom. The Morgan fingerprint density at radius 3 is 2.57 bits per heavy atom. The van der Waals surface area contributed by atoms with E-state index in [2.05, 4.69) is 10.1 Å². The Bertz CT molecular complexity index is 935. The molecule has 0 aliphatic rings. The number of thiophene rings is 1. The lowest BCUT2D eigenvalue weighted by molar-refractivity contribution is -0.141. The van der Waals surface area contributed by atoms with Gasteiger partial charge in [-0.15, -0.1) is 11.3 Å². The number of thiazole rings is 1. The van der Waals surface area contributed by atoms with Crippen LogP contribution in [-0.4, -0.2) is 14.8 Å². The molecule has 0 unspecified atom stereocenters. The molecule has 0 aliphatic carbocycles. The maximum atomic E-state index is 13.1. The molecule has 0 aliphatic heterocycles. The fourth-order valence-electron chi connectivity index (χ4n) is 2.22. The summed E-state index contributed by atoms with van der Waals surface area (Å²) in [5.74, 6) is 0. The molecular formula is C15H8F3N3S2. The van der Waals surface area contributed by atoms with Gasteiger partial charge in [0.25, 0.3) is 0 Å². The molecule has 0 radical (unpaired) electrons. The first-order valence-electron chi connectivity index (χ1n) is 6.59. The second kappa shape index (κ2) is 5.17. The molecule has 8 heteroatoms. The number of aromatic nitrogens is 3. The zero-order valence-electron chi connectivity index (χ0n) is 11.4. The van der Waals surface area contributed by atoms with Crippen LogP contribution in [0.1, 0.15) is 5.69 Å². The molecule has 0 N–H and O–H groups in total. The van der Waals surface area contributed by atoms with Gasteiger partial charge in [0.05, 0.1) is 20.8 Å². The Labute approximate surface area is 136 Å². The summed E-state index contributed by atoms with van der Waals surface area (Å²) < 4.78 is 41.3. The van der Waals surface area contributed by atoms with Crippen LogP contribution in [0.3, 0.4) is 0 Å². The van der Waals surface area contributed by atoms with Crippen LogP contribution < -0.4 is 0 Å². The molecule has 1 aromatic carbocycles. The van der Waals surface area contributed by atoms with Crippen molar-refractivity contribution in [3.05, 3.63) is 53.5 Å². The minimum Gasteiger partial charge on any atom is -0.218 e. The van der Waals surface area contributed by atoms with Gasteiger partial charge in [-0.05, 0) is 29.6 Å². The minimum absolute atomic E-state index is 0.395. The van der Waals surface area contributed by atoms with Crippen molar-refractivity contribution in [2.45, 2.75) is 6.18 Å². The number of fused-ring (bicyclic) bond motifs is 1. The van der Waals surface area contributed by atoms with Crippen LogP contribution in [0, 0.1) is 0 Å². The lowest BCUT2D eigenvalue weighted by Gasteiger charge is -2.01. The molecule has 23 heavy (non-hydrogen) atoms. The molecule has 0 atom stereocenters. The number of hydrogen-bond acceptors (Lipinski definition) is 4. The summed E-state index contributed by atoms with van der Waals surface area (Å²) in [5.41, 5.74) is 0.222. The van der Waals surface area contributed by atoms with Crippen molar-refractivity contribution in [3.8, 4) is 15.7 Å². The van der Waals surface area contributed by atoms with Crippen LogP contribution in [0.15, 0.2) is 47.8 Å². The van der Waals surface area contributed by atoms with Crippen molar-refractivity contribution in [3.63, 3.8) is 0 Å². The van der Waals surface area contributed by atoms with Crippen LogP contribution in [0.2, 0.25) is 0 Å². The summed E-state index contributed by atoms with van der Waals surface area (Å²) in [6, 6.07) is 12.1. The number of para-hydroxylation sites is 1. The Morgan fingerprint density at radius 2 is 1.87 bits per heavy atom. The molecule has 0 spiro atoms. The molecule has 0 saturated heterocycles. The first-order chi connectivity index (χ1) is 11.0. The maximum absolute atomic E-state index is 13.1. The molecule has 3 aromatic heterocycles. The number of nitrogens with zero attached hydrogens (tertiary/aromatic N) is 3. The third-order valence-corrected chi connectivity index (χ3v) is 5.14. The van der Waals surface area contributed by atoms with Crippen molar-refractivity contribution in [1.29, 1.82) is 0 Å². The van der Waals surface area contributed by atoms with Gasteiger partial charge in [0, 0.05) is 0 Å². The first-order valence-corrected chi connectivity index (χ1v) is 8.29. The summed E-state index contributed by atoms with van der Waals surface area (Å²) in [7, 11) is 0. The average molecular weight is 351 g/mol. The van der Waals surface area contributed by atoms with Crippen LogP contribution in [0.4, 0.5) is 13.2 Å². The van der Waals surface area contributed by atoms with Crippen LogP contribution in [-0.2, 0) is 6.18 Å². The van der Waals surface area contributed by atoms with Crippen molar-refractivity contribution in [1.82, 2.24) is 14.8 Å². The highest BCUT2D eigenvalue weighted by atomic mass is 32.1. The second-order valence-corrected chi connectivity index (χ2v) is 6.72. The Hall–Kier alpha value is -2.19. The van der Waals surface area contributed by atoms with Crippen LogP contribution >= 0.6 is 22.7 Å². The van der Waals surface area contributed by atoms with Gasteiger partial charge in [0.15, 0.2) is 5.69 Å². The number of rotatable bonds is 2. The Balaban J connectivity index is 1.94. The van der Waals surface area contributed by atoms with E-state index in [1.165, 1.54) is 27.4 Å². The van der Waals surface area contributed by atoms with E-state index in [0.717, 1.165) is 16.3 Å². The minimum atomic E-state index is -4.49. The lowest BCUT2D eigenvalue weighted by Crippen LogP contribution is -2.07. The molecular weight excluding hydrogens is 343 g/mol. The number of halogens is 3. The molecule has 3 nitrogen and oxygen atoms in total. The second-order valence-electron chi connectivity index (χ2n) is 4.77. The summed E-state index contributed by atoms with van der Waals surface area (Å²) in [6.45, 7) is 0. The van der Waals surface area contributed by atoms with E-state index in [4.69, 9.17) is 0 Å². The zero-order valence-corrected chi connectivity index (χ0v) is 13.0. The fraction of sp³-hybridized carbons (Fsp3) is 0.0667. The lowest BCUT2D eigenvalue weighted by atomic mass is 10.3. The highest BCUT2D eigenvalue weighted by Crippen LogP contribution is 2.36. The number of hydrogen-bond donors (Lipinski definition) is 0. The first kappa shape index (κ1) is 14.4. The molecule has 0 amide bonds. The summed E-state index contributed by atoms with van der Waals surface area (Å²) in [4.78, 5) is 5.12. The molecule has 0 saturated carbocycles. The average Bonchev–Trinajstić information content (AvgIpc) is 3.23. The van der Waals surface area contributed by atoms with Gasteiger partial charge in [-0.1, -0.05) is 29.5 Å². The van der Waals surface area contributed by atoms with Crippen LogP contribution in [0.5, 0.6) is 0 Å². The van der Waals surface area contributed by atoms with Gasteiger partial charge in [-0.3, -0.25) is 0 Å². The van der Waals surface area contributed by atoms with Crippen molar-refractivity contribution in [2.24, 2.45) is 0 Å². The van der Waals surface area contributed by atoms with Crippen molar-refractivity contribution in [2.75, 3.05) is 0 Å².